The summed E-state index contributed by atoms with van der Waals surface area (Å²) in [5.41, 5.74) is 12.5. The summed E-state index contributed by atoms with van der Waals surface area (Å²) in [5.74, 6) is 0. The van der Waals surface area contributed by atoms with Crippen molar-refractivity contribution in [1.29, 1.82) is 0 Å². The Morgan fingerprint density at radius 1 is 0.435 bits per heavy atom. The molecule has 0 bridgehead atoms. The SMILES string of the molecule is c1ccc(-c2ccc3cc(-c4ccc5nc(-c6ccc(-c7ccnc8c7ccc7cccnc78)cc6)ccc5c4)ccc3[nH+]2)nc1. The van der Waals surface area contributed by atoms with Crippen LogP contribution in [-0.4, -0.2) is 19.9 Å². The van der Waals surface area contributed by atoms with Crippen LogP contribution in [0.1, 0.15) is 0 Å². The zero-order chi connectivity index (χ0) is 30.5. The highest BCUT2D eigenvalue weighted by atomic mass is 14.8. The van der Waals surface area contributed by atoms with Crippen LogP contribution >= 0.6 is 0 Å². The Balaban J connectivity index is 1.01. The van der Waals surface area contributed by atoms with E-state index in [1.54, 1.807) is 0 Å². The highest BCUT2D eigenvalue weighted by molar-refractivity contribution is 6.08. The molecule has 214 valence electrons. The molecule has 0 amide bonds. The molecule has 5 nitrogen and oxygen atoms in total. The summed E-state index contributed by atoms with van der Waals surface area (Å²) in [7, 11) is 0. The van der Waals surface area contributed by atoms with Gasteiger partial charge in [0.1, 0.15) is 5.69 Å². The summed E-state index contributed by atoms with van der Waals surface area (Å²) in [6.45, 7) is 0. The molecule has 0 atom stereocenters. The third-order valence-electron chi connectivity index (χ3n) is 8.69. The average molecular weight is 589 g/mol. The fraction of sp³-hybridized carbons (Fsp3) is 0. The molecule has 5 aromatic heterocycles. The van der Waals surface area contributed by atoms with Crippen LogP contribution < -0.4 is 4.98 Å². The predicted octanol–water partition coefficient (Wildman–Crippen LogP) is 9.36. The molecule has 9 aromatic rings. The molecule has 0 saturated heterocycles. The maximum absolute atomic E-state index is 5.03. The molecule has 0 fully saturated rings. The van der Waals surface area contributed by atoms with Crippen molar-refractivity contribution < 1.29 is 4.98 Å². The topological polar surface area (TPSA) is 65.7 Å². The molecular formula is C41H26N5+. The predicted molar refractivity (Wildman–Crippen MR) is 186 cm³/mol. The van der Waals surface area contributed by atoms with Crippen molar-refractivity contribution in [1.82, 2.24) is 19.9 Å². The van der Waals surface area contributed by atoms with Crippen LogP contribution in [0.15, 0.2) is 152 Å². The van der Waals surface area contributed by atoms with Crippen molar-refractivity contribution in [2.45, 2.75) is 0 Å². The van der Waals surface area contributed by atoms with Crippen LogP contribution in [0.4, 0.5) is 0 Å². The number of fused-ring (bicyclic) bond motifs is 5. The molecule has 0 aliphatic rings. The molecule has 9 rings (SSSR count). The van der Waals surface area contributed by atoms with Crippen molar-refractivity contribution >= 4 is 43.6 Å². The minimum atomic E-state index is 0.923. The molecule has 5 heteroatoms. The van der Waals surface area contributed by atoms with E-state index in [0.717, 1.165) is 82.9 Å². The van der Waals surface area contributed by atoms with Crippen LogP contribution in [0.25, 0.3) is 88.5 Å². The van der Waals surface area contributed by atoms with E-state index in [9.17, 15) is 0 Å². The van der Waals surface area contributed by atoms with Gasteiger partial charge in [0.25, 0.3) is 0 Å². The van der Waals surface area contributed by atoms with Crippen LogP contribution in [-0.2, 0) is 0 Å². The highest BCUT2D eigenvalue weighted by Crippen LogP contribution is 2.33. The first kappa shape index (κ1) is 26.1. The summed E-state index contributed by atoms with van der Waals surface area (Å²) in [6.07, 6.45) is 5.51. The second-order valence-corrected chi connectivity index (χ2v) is 11.5. The first-order chi connectivity index (χ1) is 22.8. The molecule has 5 heterocycles. The number of nitrogens with zero attached hydrogens (tertiary/aromatic N) is 4. The van der Waals surface area contributed by atoms with Gasteiger partial charge in [-0.1, -0.05) is 60.7 Å². The Labute approximate surface area is 264 Å². The summed E-state index contributed by atoms with van der Waals surface area (Å²) in [5, 5.41) is 4.45. The number of aromatic amines is 1. The Bertz CT molecular complexity index is 2580. The number of rotatable bonds is 4. The van der Waals surface area contributed by atoms with E-state index in [0.29, 0.717) is 0 Å². The third kappa shape index (κ3) is 4.54. The molecular weight excluding hydrogens is 562 g/mol. The molecule has 0 aliphatic carbocycles. The third-order valence-corrected chi connectivity index (χ3v) is 8.69. The average Bonchev–Trinajstić information content (AvgIpc) is 3.14. The van der Waals surface area contributed by atoms with Crippen molar-refractivity contribution in [2.75, 3.05) is 0 Å². The molecule has 0 saturated carbocycles. The van der Waals surface area contributed by atoms with E-state index in [-0.39, 0.29) is 0 Å². The molecule has 1 N–H and O–H groups in total. The smallest absolute Gasteiger partial charge is 0.229 e. The standard InChI is InChI=1S/C41H25N5/c1-2-21-42-38(5-1)39-19-14-32-25-30(12-17-37(32)46-39)29-11-16-36-31(24-29)13-18-35(45-36)27-8-6-26(7-9-27)33-20-23-44-41-34(33)15-10-28-4-3-22-43-40(28)41/h1-25H/p+1. The summed E-state index contributed by atoms with van der Waals surface area (Å²) in [6, 6.07) is 46.5. The number of pyridine rings is 5. The van der Waals surface area contributed by atoms with Gasteiger partial charge in [-0.2, -0.15) is 0 Å². The molecule has 4 aromatic carbocycles. The minimum absolute atomic E-state index is 0.923. The van der Waals surface area contributed by atoms with Gasteiger partial charge in [-0.15, -0.1) is 0 Å². The zero-order valence-corrected chi connectivity index (χ0v) is 24.7. The van der Waals surface area contributed by atoms with E-state index in [1.165, 1.54) is 5.56 Å². The molecule has 0 spiro atoms. The summed E-state index contributed by atoms with van der Waals surface area (Å²) >= 11 is 0. The minimum Gasteiger partial charge on any atom is -0.254 e. The lowest BCUT2D eigenvalue weighted by Crippen LogP contribution is -2.08. The number of H-pyrrole nitrogens is 1. The molecule has 46 heavy (non-hydrogen) atoms. The van der Waals surface area contributed by atoms with E-state index in [4.69, 9.17) is 4.98 Å². The largest absolute Gasteiger partial charge is 0.254 e. The van der Waals surface area contributed by atoms with Crippen molar-refractivity contribution in [3.63, 3.8) is 0 Å². The van der Waals surface area contributed by atoms with Crippen LogP contribution in [0.3, 0.4) is 0 Å². The van der Waals surface area contributed by atoms with E-state index in [2.05, 4.69) is 129 Å². The Hall–Kier alpha value is -6.33. The maximum Gasteiger partial charge on any atom is 0.229 e. The Morgan fingerprint density at radius 2 is 1.20 bits per heavy atom. The zero-order valence-electron chi connectivity index (χ0n) is 24.7. The lowest BCUT2D eigenvalue weighted by atomic mass is 9.98. The van der Waals surface area contributed by atoms with E-state index >= 15 is 0 Å². The van der Waals surface area contributed by atoms with E-state index < -0.39 is 0 Å². The molecule has 0 unspecified atom stereocenters. The molecule has 0 radical (unpaired) electrons. The van der Waals surface area contributed by atoms with Gasteiger partial charge < -0.3 is 0 Å². The van der Waals surface area contributed by atoms with Gasteiger partial charge in [0.15, 0.2) is 0 Å². The number of benzene rings is 4. The second kappa shape index (κ2) is 10.7. The van der Waals surface area contributed by atoms with Gasteiger partial charge in [-0.3, -0.25) is 9.97 Å². The lowest BCUT2D eigenvalue weighted by molar-refractivity contribution is -0.331. The van der Waals surface area contributed by atoms with Gasteiger partial charge in [-0.25, -0.2) is 15.0 Å². The monoisotopic (exact) mass is 588 g/mol. The second-order valence-electron chi connectivity index (χ2n) is 11.5. The van der Waals surface area contributed by atoms with Crippen LogP contribution in [0, 0.1) is 0 Å². The van der Waals surface area contributed by atoms with Crippen LogP contribution in [0.2, 0.25) is 0 Å². The first-order valence-electron chi connectivity index (χ1n) is 15.3. The fourth-order valence-corrected chi connectivity index (χ4v) is 6.32. The summed E-state index contributed by atoms with van der Waals surface area (Å²) < 4.78 is 0. The number of aromatic nitrogens is 5. The van der Waals surface area contributed by atoms with Crippen molar-refractivity contribution in [3.05, 3.63) is 152 Å². The normalized spacial score (nSPS) is 11.5. The first-order valence-corrected chi connectivity index (χ1v) is 15.3. The van der Waals surface area contributed by atoms with Gasteiger partial charge >= 0.3 is 0 Å². The van der Waals surface area contributed by atoms with Crippen molar-refractivity contribution in [3.8, 4) is 44.9 Å². The summed E-state index contributed by atoms with van der Waals surface area (Å²) in [4.78, 5) is 22.3. The fourth-order valence-electron chi connectivity index (χ4n) is 6.32. The Morgan fingerprint density at radius 3 is 2.09 bits per heavy atom. The number of hydrogen-bond donors (Lipinski definition) is 0. The highest BCUT2D eigenvalue weighted by Gasteiger charge is 2.12. The van der Waals surface area contributed by atoms with Gasteiger partial charge in [0.05, 0.1) is 22.2 Å². The molecule has 0 aliphatic heterocycles. The quantitative estimate of drug-likeness (QED) is 0.192. The Kier molecular flexibility index (Phi) is 6.06. The van der Waals surface area contributed by atoms with Crippen LogP contribution in [0.5, 0.6) is 0 Å². The number of hydrogen-bond acceptors (Lipinski definition) is 4. The van der Waals surface area contributed by atoms with Crippen molar-refractivity contribution in [2.24, 2.45) is 0 Å². The van der Waals surface area contributed by atoms with Gasteiger partial charge in [0.2, 0.25) is 11.2 Å². The maximum atomic E-state index is 5.03. The number of nitrogens with one attached hydrogen (secondary N) is 1. The lowest BCUT2D eigenvalue weighted by Gasteiger charge is -2.10. The van der Waals surface area contributed by atoms with E-state index in [1.807, 2.05) is 42.9 Å². The van der Waals surface area contributed by atoms with Gasteiger partial charge in [-0.05, 0) is 82.9 Å². The van der Waals surface area contributed by atoms with Gasteiger partial charge in [0, 0.05) is 57.8 Å².